The molecule has 118 heavy (non-hydrogen) atoms. The molecule has 0 unspecified atom stereocenters. The number of aliphatic hydroxyl groups excluding tert-OH is 1. The maximum Gasteiger partial charge on any atom is 0.322 e. The van der Waals surface area contributed by atoms with E-state index in [4.69, 9.17) is 23.1 Å². The minimum atomic E-state index is -1.92. The van der Waals surface area contributed by atoms with E-state index in [0.29, 0.717) is 47.5 Å². The number of benzene rings is 5. The van der Waals surface area contributed by atoms with Gasteiger partial charge in [0.1, 0.15) is 66.5 Å². The Kier molecular flexibility index (Phi) is 34.3. The van der Waals surface area contributed by atoms with Gasteiger partial charge in [0.2, 0.25) is 76.8 Å². The van der Waals surface area contributed by atoms with E-state index in [-0.39, 0.29) is 99.3 Å². The first-order valence-corrected chi connectivity index (χ1v) is 39.4. The molecule has 8 rings (SSSR count). The van der Waals surface area contributed by atoms with E-state index in [1.165, 1.54) is 79.7 Å². The Bertz CT molecular complexity index is 4520. The fourth-order valence-corrected chi connectivity index (χ4v) is 13.5. The van der Waals surface area contributed by atoms with Gasteiger partial charge in [0, 0.05) is 80.5 Å². The van der Waals surface area contributed by atoms with Crippen LogP contribution in [0.5, 0.6) is 0 Å². The van der Waals surface area contributed by atoms with Crippen LogP contribution in [0.25, 0.3) is 10.8 Å². The minimum Gasteiger partial charge on any atom is -0.394 e. The number of aromatic amines is 1. The summed E-state index contributed by atoms with van der Waals surface area (Å²) in [5.41, 5.74) is 13.1. The molecule has 0 saturated carbocycles. The van der Waals surface area contributed by atoms with Crippen LogP contribution in [0.2, 0.25) is 5.02 Å². The highest BCUT2D eigenvalue weighted by molar-refractivity contribution is 6.30. The van der Waals surface area contributed by atoms with Gasteiger partial charge >= 0.3 is 12.1 Å². The van der Waals surface area contributed by atoms with Crippen molar-refractivity contribution in [2.75, 3.05) is 42.2 Å². The number of fused-ring (bicyclic) bond motifs is 1. The number of halogens is 1. The number of nitrogens with two attached hydrogens (primary N) is 2. The Morgan fingerprint density at radius 1 is 0.559 bits per heavy atom. The summed E-state index contributed by atoms with van der Waals surface area (Å²) in [6.07, 6.45) is 3.17. The van der Waals surface area contributed by atoms with Crippen LogP contribution in [0, 0.1) is 5.92 Å². The molecule has 0 bridgehead atoms. The molecule has 0 aliphatic carbocycles. The lowest BCUT2D eigenvalue weighted by atomic mass is 9.99. The van der Waals surface area contributed by atoms with Crippen molar-refractivity contribution in [1.29, 1.82) is 0 Å². The van der Waals surface area contributed by atoms with E-state index in [2.05, 4.69) is 84.4 Å². The summed E-state index contributed by atoms with van der Waals surface area (Å²) < 4.78 is 0. The number of imide groups is 1. The number of nitrogens with one attached hydrogen (secondary N) is 16. The van der Waals surface area contributed by atoms with Crippen molar-refractivity contribution in [2.45, 2.75) is 191 Å². The number of carbonyl (C=O) groups is 15. The molecule has 36 nitrogen and oxygen atoms in total. The third kappa shape index (κ3) is 28.7. The number of aromatic nitrogens is 2. The molecular formula is C81H105ClN20O16. The van der Waals surface area contributed by atoms with Gasteiger partial charge in [-0.15, -0.1) is 0 Å². The number of hydrogen-bond donors (Lipinski definition) is 19. The quantitative estimate of drug-likeness (QED) is 0.0238. The summed E-state index contributed by atoms with van der Waals surface area (Å²) in [5.74, 6) is -10.7. The van der Waals surface area contributed by atoms with Crippen molar-refractivity contribution in [3.8, 4) is 0 Å². The van der Waals surface area contributed by atoms with E-state index in [1.54, 1.807) is 38.1 Å². The molecule has 2 saturated heterocycles. The summed E-state index contributed by atoms with van der Waals surface area (Å²) in [6.45, 7) is 9.66. The topological polar surface area (TPSA) is 541 Å². The Balaban J connectivity index is 1.09. The molecule has 37 heteroatoms. The third-order valence-electron chi connectivity index (χ3n) is 19.5. The van der Waals surface area contributed by atoms with Crippen LogP contribution in [0.1, 0.15) is 115 Å². The molecule has 2 aliphatic heterocycles. The number of carbonyl (C=O) groups excluding carboxylic acids is 15. The number of nitrogens with zero attached hydrogens (tertiary/aromatic N) is 2. The second-order valence-electron chi connectivity index (χ2n) is 29.8. The second-order valence-corrected chi connectivity index (χ2v) is 30.3. The van der Waals surface area contributed by atoms with Crippen LogP contribution in [-0.2, 0) is 88.0 Å². The SMILES string of the molecule is CC(=O)N[C@H](Cc1ccc2ccccc2c1)C(=O)N[C@H](Cc1ccc(Cl)cc1)C(=O)N[C@@H](CCNc1ncc[nH]1)C(=O)N[C@@H](CO)C(=O)N[C@@H](Cc1ccc(NC(=O)[C@@H]2CC(=O)NC(=O)N2)cc1)C(=O)N[C@@H](Cc1ccc(NC(N)=O)cc1)C(=O)N[C@@H](CC(C)C)C(=O)N[C@@H](CCCCNC(C)C)C(=O)N1CCC[C@H]1C(=O)N[C@H](C)C(N)=O. The molecule has 21 N–H and O–H groups in total. The van der Waals surface area contributed by atoms with Gasteiger partial charge in [-0.1, -0.05) is 118 Å². The molecule has 2 aliphatic rings. The number of likely N-dealkylation sites (tertiary alicyclic amines) is 1. The Hall–Kier alpha value is -12.6. The van der Waals surface area contributed by atoms with Crippen molar-refractivity contribution in [3.05, 3.63) is 155 Å². The summed E-state index contributed by atoms with van der Waals surface area (Å²) in [4.78, 5) is 216. The predicted octanol–water partition coefficient (Wildman–Crippen LogP) is 1.10. The zero-order valence-corrected chi connectivity index (χ0v) is 67.2. The number of anilines is 3. The Morgan fingerprint density at radius 3 is 1.61 bits per heavy atom. The standard InChI is InChI=1S/C81H105ClN20O16/c1-44(2)36-59(71(109)94-58(14-9-10-31-85-45(3)4)78(116)102-35-11-15-66(102)77(115)89-46(5)68(83)106)95-74(112)62(39-50-21-28-56(29-22-50)92-79(84)117)97-75(113)63(40-49-19-26-55(27-20-49)91-70(108)64-42-67(105)101-81(118)100-64)98-76(114)65(43-103)99-69(107)57(30-32-86-80-87-33-34-88-80)93-73(111)61(38-48-17-24-54(82)25-18-48)96-72(110)60(90-47(6)104)41-51-16-23-52-12-7-8-13-53(52)37-51/h7-8,12-13,16-29,33-34,37,44-46,57-66,85,103H,9-11,14-15,30-32,35-36,38-43H2,1-6H3,(H2,83,106)(H,89,115)(H,90,104)(H,91,108)(H,93,111)(H,94,109)(H,95,112)(H,96,110)(H,97,113)(H,98,114)(H,99,107)(H3,84,92,117)(H2,86,87,88)(H2,100,101,105,118)/t46-,57+,58+,59+,60-,61-,62+,63+,64+,65+,66+/m1/s1. The second kappa shape index (κ2) is 44.5. The van der Waals surface area contributed by atoms with Gasteiger partial charge in [-0.05, 0) is 134 Å². The maximum atomic E-state index is 15.5. The van der Waals surface area contributed by atoms with Crippen molar-refractivity contribution >= 4 is 129 Å². The number of H-pyrrole nitrogens is 1. The van der Waals surface area contributed by atoms with Crippen molar-refractivity contribution in [1.82, 2.24) is 78.7 Å². The molecule has 1 aromatic heterocycles. The predicted molar refractivity (Wildman–Crippen MR) is 438 cm³/mol. The van der Waals surface area contributed by atoms with Gasteiger partial charge in [-0.3, -0.25) is 67.6 Å². The van der Waals surface area contributed by atoms with E-state index < -0.39 is 168 Å². The lowest BCUT2D eigenvalue weighted by Gasteiger charge is -2.31. The summed E-state index contributed by atoms with van der Waals surface area (Å²) in [5, 5.41) is 53.4. The number of urea groups is 2. The van der Waals surface area contributed by atoms with Crippen LogP contribution in [-0.4, -0.2) is 208 Å². The van der Waals surface area contributed by atoms with Crippen molar-refractivity contribution in [3.63, 3.8) is 0 Å². The van der Waals surface area contributed by atoms with Gasteiger partial charge in [0.05, 0.1) is 13.0 Å². The first-order chi connectivity index (χ1) is 56.3. The highest BCUT2D eigenvalue weighted by Gasteiger charge is 2.41. The van der Waals surface area contributed by atoms with E-state index in [9.17, 15) is 67.4 Å². The van der Waals surface area contributed by atoms with E-state index >= 15 is 9.59 Å². The monoisotopic (exact) mass is 1650 g/mol. The average Bonchev–Trinajstić information content (AvgIpc) is 1.49. The van der Waals surface area contributed by atoms with Crippen molar-refractivity contribution < 1.29 is 77.0 Å². The zero-order chi connectivity index (χ0) is 85.7. The molecule has 17 amide bonds. The molecular weight excluding hydrogens is 1540 g/mol. The molecule has 632 valence electrons. The van der Waals surface area contributed by atoms with Gasteiger partial charge < -0.3 is 101 Å². The first-order valence-electron chi connectivity index (χ1n) is 39.0. The smallest absolute Gasteiger partial charge is 0.322 e. The van der Waals surface area contributed by atoms with Crippen LogP contribution in [0.15, 0.2) is 128 Å². The molecule has 5 aromatic carbocycles. The lowest BCUT2D eigenvalue weighted by molar-refractivity contribution is -0.142. The summed E-state index contributed by atoms with van der Waals surface area (Å²) >= 11 is 6.27. The summed E-state index contributed by atoms with van der Waals surface area (Å²) in [7, 11) is 0. The van der Waals surface area contributed by atoms with Gasteiger partial charge in [-0.2, -0.15) is 0 Å². The Morgan fingerprint density at radius 2 is 1.07 bits per heavy atom. The summed E-state index contributed by atoms with van der Waals surface area (Å²) in [6, 6.07) is 14.1. The van der Waals surface area contributed by atoms with Gasteiger partial charge in [0.15, 0.2) is 5.95 Å². The average molecular weight is 1650 g/mol. The molecule has 0 radical (unpaired) electrons. The van der Waals surface area contributed by atoms with E-state index in [0.717, 1.165) is 10.8 Å². The van der Waals surface area contributed by atoms with Crippen LogP contribution < -0.4 is 91.2 Å². The highest BCUT2D eigenvalue weighted by atomic mass is 35.5. The largest absolute Gasteiger partial charge is 0.394 e. The number of unbranched alkanes of at least 4 members (excludes halogenated alkanes) is 1. The fourth-order valence-electron chi connectivity index (χ4n) is 13.4. The Labute approximate surface area is 686 Å². The van der Waals surface area contributed by atoms with Crippen LogP contribution in [0.3, 0.4) is 0 Å². The van der Waals surface area contributed by atoms with E-state index in [1.807, 2.05) is 61.6 Å². The number of aliphatic hydroxyl groups is 1. The number of primary amides is 2. The lowest BCUT2D eigenvalue weighted by Crippen LogP contribution is -2.61. The molecule has 6 aromatic rings. The fraction of sp³-hybridized carbons (Fsp3) is 0.432. The van der Waals surface area contributed by atoms with Crippen LogP contribution in [0.4, 0.5) is 26.9 Å². The number of amides is 17. The molecule has 0 spiro atoms. The number of rotatable bonds is 43. The zero-order valence-electron chi connectivity index (χ0n) is 66.4. The first kappa shape index (κ1) is 91.0. The third-order valence-corrected chi connectivity index (χ3v) is 19.8. The molecule has 11 atom stereocenters. The molecule has 2 fully saturated rings. The van der Waals surface area contributed by atoms with Gasteiger partial charge in [0.25, 0.3) is 0 Å². The van der Waals surface area contributed by atoms with Gasteiger partial charge in [-0.25, -0.2) is 14.6 Å². The van der Waals surface area contributed by atoms with Crippen LogP contribution >= 0.6 is 11.6 Å². The highest BCUT2D eigenvalue weighted by Crippen LogP contribution is 2.24. The van der Waals surface area contributed by atoms with Crippen molar-refractivity contribution in [2.24, 2.45) is 17.4 Å². The number of imidazole rings is 1. The molecule has 3 heterocycles. The minimum absolute atomic E-state index is 0.00156. The number of hydrogen-bond acceptors (Lipinski definition) is 19. The maximum absolute atomic E-state index is 15.5. The normalized spacial score (nSPS) is 16.1.